The van der Waals surface area contributed by atoms with Gasteiger partial charge in [-0.05, 0) is 19.3 Å². The van der Waals surface area contributed by atoms with Crippen LogP contribution in [-0.2, 0) is 14.4 Å². The Morgan fingerprint density at radius 3 is 2.80 bits per heavy atom. The van der Waals surface area contributed by atoms with E-state index in [1.807, 2.05) is 6.92 Å². The Labute approximate surface area is 119 Å². The molecule has 112 valence electrons. The molecule has 0 aliphatic carbocycles. The predicted molar refractivity (Wildman–Crippen MR) is 73.8 cm³/mol. The third kappa shape index (κ3) is 3.29. The van der Waals surface area contributed by atoms with Crippen molar-refractivity contribution in [2.24, 2.45) is 0 Å². The van der Waals surface area contributed by atoms with Crippen LogP contribution in [0.3, 0.4) is 0 Å². The SMILES string of the molecule is CCC1C(=O)NCCN1C(=O)CN1CCCCCC1=O. The molecule has 6 heteroatoms. The molecule has 1 N–H and O–H groups in total. The van der Waals surface area contributed by atoms with Gasteiger partial charge in [0.25, 0.3) is 0 Å². The molecule has 2 aliphatic heterocycles. The summed E-state index contributed by atoms with van der Waals surface area (Å²) in [7, 11) is 0. The molecule has 1 unspecified atom stereocenters. The number of nitrogens with zero attached hydrogens (tertiary/aromatic N) is 2. The van der Waals surface area contributed by atoms with Crippen molar-refractivity contribution in [3.05, 3.63) is 0 Å². The highest BCUT2D eigenvalue weighted by atomic mass is 16.2. The van der Waals surface area contributed by atoms with Crippen molar-refractivity contribution in [2.75, 3.05) is 26.2 Å². The fourth-order valence-corrected chi connectivity index (χ4v) is 2.88. The Balaban J connectivity index is 1.99. The lowest BCUT2D eigenvalue weighted by Crippen LogP contribution is -2.58. The first-order chi connectivity index (χ1) is 9.63. The van der Waals surface area contributed by atoms with Crippen molar-refractivity contribution >= 4 is 17.7 Å². The Morgan fingerprint density at radius 1 is 1.25 bits per heavy atom. The maximum Gasteiger partial charge on any atom is 0.242 e. The van der Waals surface area contributed by atoms with Gasteiger partial charge < -0.3 is 15.1 Å². The van der Waals surface area contributed by atoms with Gasteiger partial charge in [0.1, 0.15) is 6.04 Å². The summed E-state index contributed by atoms with van der Waals surface area (Å²) in [4.78, 5) is 39.4. The van der Waals surface area contributed by atoms with E-state index >= 15 is 0 Å². The van der Waals surface area contributed by atoms with Crippen molar-refractivity contribution < 1.29 is 14.4 Å². The number of hydrogen-bond donors (Lipinski definition) is 1. The molecule has 2 saturated heterocycles. The third-order valence-electron chi connectivity index (χ3n) is 4.04. The highest BCUT2D eigenvalue weighted by Gasteiger charge is 2.32. The van der Waals surface area contributed by atoms with Gasteiger partial charge in [-0.2, -0.15) is 0 Å². The van der Waals surface area contributed by atoms with Gasteiger partial charge in [0.2, 0.25) is 17.7 Å². The second-order valence-corrected chi connectivity index (χ2v) is 5.43. The molecule has 0 spiro atoms. The number of amides is 3. The highest BCUT2D eigenvalue weighted by molar-refractivity contribution is 5.91. The minimum absolute atomic E-state index is 0.0605. The van der Waals surface area contributed by atoms with E-state index in [1.165, 1.54) is 0 Å². The number of piperazine rings is 1. The summed E-state index contributed by atoms with van der Waals surface area (Å²) in [5, 5.41) is 2.78. The molecule has 0 radical (unpaired) electrons. The lowest BCUT2D eigenvalue weighted by molar-refractivity contribution is -0.146. The van der Waals surface area contributed by atoms with E-state index in [2.05, 4.69) is 5.32 Å². The Hall–Kier alpha value is -1.59. The molecule has 0 bridgehead atoms. The predicted octanol–water partition coefficient (Wildman–Crippen LogP) is 0.126. The van der Waals surface area contributed by atoms with E-state index in [-0.39, 0.29) is 24.3 Å². The Morgan fingerprint density at radius 2 is 2.05 bits per heavy atom. The molecule has 1 atom stereocenters. The van der Waals surface area contributed by atoms with E-state index in [9.17, 15) is 14.4 Å². The van der Waals surface area contributed by atoms with Crippen molar-refractivity contribution in [1.29, 1.82) is 0 Å². The monoisotopic (exact) mass is 281 g/mol. The first-order valence-corrected chi connectivity index (χ1v) is 7.48. The topological polar surface area (TPSA) is 69.7 Å². The van der Waals surface area contributed by atoms with Crippen LogP contribution in [0.5, 0.6) is 0 Å². The maximum absolute atomic E-state index is 12.4. The summed E-state index contributed by atoms with van der Waals surface area (Å²) in [5.41, 5.74) is 0. The fraction of sp³-hybridized carbons (Fsp3) is 0.786. The van der Waals surface area contributed by atoms with Crippen LogP contribution in [0.2, 0.25) is 0 Å². The number of hydrogen-bond acceptors (Lipinski definition) is 3. The molecule has 0 aromatic heterocycles. The lowest BCUT2D eigenvalue weighted by atomic mass is 10.1. The number of carbonyl (C=O) groups excluding carboxylic acids is 3. The molecule has 0 aromatic rings. The van der Waals surface area contributed by atoms with E-state index in [0.717, 1.165) is 19.3 Å². The smallest absolute Gasteiger partial charge is 0.242 e. The summed E-state index contributed by atoms with van der Waals surface area (Å²) < 4.78 is 0. The molecule has 2 aliphatic rings. The van der Waals surface area contributed by atoms with Crippen LogP contribution < -0.4 is 5.32 Å². The molecular weight excluding hydrogens is 258 g/mol. The standard InChI is InChI=1S/C14H23N3O3/c1-2-11-14(20)15-7-9-17(11)13(19)10-16-8-5-3-4-6-12(16)18/h11H,2-10H2,1H3,(H,15,20). The average Bonchev–Trinajstić information content (AvgIpc) is 2.64. The summed E-state index contributed by atoms with van der Waals surface area (Å²) in [6.45, 7) is 3.69. The molecule has 2 rings (SSSR count). The molecule has 0 saturated carbocycles. The number of rotatable bonds is 3. The van der Waals surface area contributed by atoms with Crippen LogP contribution in [0, 0.1) is 0 Å². The molecule has 20 heavy (non-hydrogen) atoms. The van der Waals surface area contributed by atoms with E-state index in [4.69, 9.17) is 0 Å². The molecule has 6 nitrogen and oxygen atoms in total. The number of likely N-dealkylation sites (tertiary alicyclic amines) is 1. The van der Waals surface area contributed by atoms with Crippen molar-refractivity contribution in [1.82, 2.24) is 15.1 Å². The van der Waals surface area contributed by atoms with Crippen molar-refractivity contribution in [2.45, 2.75) is 45.1 Å². The van der Waals surface area contributed by atoms with Crippen molar-refractivity contribution in [3.8, 4) is 0 Å². The van der Waals surface area contributed by atoms with Gasteiger partial charge in [-0.3, -0.25) is 14.4 Å². The van der Waals surface area contributed by atoms with Crippen LogP contribution in [-0.4, -0.2) is 59.7 Å². The van der Waals surface area contributed by atoms with Crippen LogP contribution in [0.15, 0.2) is 0 Å². The average molecular weight is 281 g/mol. The molecule has 0 aromatic carbocycles. The number of nitrogens with one attached hydrogen (secondary N) is 1. The van der Waals surface area contributed by atoms with Crippen LogP contribution in [0.25, 0.3) is 0 Å². The zero-order chi connectivity index (χ0) is 14.5. The lowest BCUT2D eigenvalue weighted by Gasteiger charge is -2.35. The van der Waals surface area contributed by atoms with Crippen LogP contribution in [0.4, 0.5) is 0 Å². The van der Waals surface area contributed by atoms with Crippen molar-refractivity contribution in [3.63, 3.8) is 0 Å². The van der Waals surface area contributed by atoms with Gasteiger partial charge >= 0.3 is 0 Å². The first kappa shape index (κ1) is 14.8. The minimum atomic E-state index is -0.390. The van der Waals surface area contributed by atoms with E-state index in [1.54, 1.807) is 9.80 Å². The van der Waals surface area contributed by atoms with Gasteiger partial charge in [-0.25, -0.2) is 0 Å². The fourth-order valence-electron chi connectivity index (χ4n) is 2.88. The molecule has 3 amide bonds. The summed E-state index contributed by atoms with van der Waals surface area (Å²) in [6, 6.07) is -0.390. The van der Waals surface area contributed by atoms with E-state index < -0.39 is 6.04 Å². The molecular formula is C14H23N3O3. The highest BCUT2D eigenvalue weighted by Crippen LogP contribution is 2.13. The second kappa shape index (κ2) is 6.72. The van der Waals surface area contributed by atoms with E-state index in [0.29, 0.717) is 32.5 Å². The first-order valence-electron chi connectivity index (χ1n) is 7.48. The Bertz CT molecular complexity index is 397. The van der Waals surface area contributed by atoms with Gasteiger partial charge in [-0.15, -0.1) is 0 Å². The third-order valence-corrected chi connectivity index (χ3v) is 4.04. The van der Waals surface area contributed by atoms with Gasteiger partial charge in [0.05, 0.1) is 6.54 Å². The minimum Gasteiger partial charge on any atom is -0.353 e. The van der Waals surface area contributed by atoms with Crippen LogP contribution in [0.1, 0.15) is 39.0 Å². The molecule has 2 fully saturated rings. The van der Waals surface area contributed by atoms with Gasteiger partial charge in [-0.1, -0.05) is 13.3 Å². The summed E-state index contributed by atoms with van der Waals surface area (Å²) in [5.74, 6) is -0.137. The zero-order valence-corrected chi connectivity index (χ0v) is 12.1. The second-order valence-electron chi connectivity index (χ2n) is 5.43. The normalized spacial score (nSPS) is 24.4. The summed E-state index contributed by atoms with van der Waals surface area (Å²) >= 11 is 0. The zero-order valence-electron chi connectivity index (χ0n) is 12.1. The largest absolute Gasteiger partial charge is 0.353 e. The van der Waals surface area contributed by atoms with Gasteiger partial charge in [0, 0.05) is 26.1 Å². The molecule has 2 heterocycles. The quantitative estimate of drug-likeness (QED) is 0.799. The Kier molecular flexibility index (Phi) is 4.98. The van der Waals surface area contributed by atoms with Crippen LogP contribution >= 0.6 is 0 Å². The van der Waals surface area contributed by atoms with Gasteiger partial charge in [0.15, 0.2) is 0 Å². The maximum atomic E-state index is 12.4. The number of carbonyl (C=O) groups is 3. The summed E-state index contributed by atoms with van der Waals surface area (Å²) in [6.07, 6.45) is 4.04.